The van der Waals surface area contributed by atoms with Gasteiger partial charge in [0.2, 0.25) is 5.88 Å². The molecular weight excluding hydrogens is 439 g/mol. The van der Waals surface area contributed by atoms with Gasteiger partial charge in [0.25, 0.3) is 0 Å². The largest absolute Gasteiger partial charge is 0.490 e. The minimum absolute atomic E-state index is 0.346. The van der Waals surface area contributed by atoms with Crippen LogP contribution < -0.4 is 9.64 Å². The van der Waals surface area contributed by atoms with Crippen molar-refractivity contribution in [2.24, 2.45) is 5.92 Å². The number of carboxylic acids is 1. The number of rotatable bonds is 5. The first-order valence-electron chi connectivity index (χ1n) is 9.95. The number of methoxy groups -OCH3 is 1. The number of carbonyl (C=O) groups is 1. The number of thioether (sulfide) groups is 1. The molecule has 3 aliphatic rings. The van der Waals surface area contributed by atoms with Crippen LogP contribution in [0.1, 0.15) is 19.3 Å². The predicted octanol–water partition coefficient (Wildman–Crippen LogP) is 2.63. The molecule has 0 amide bonds. The van der Waals surface area contributed by atoms with Gasteiger partial charge < -0.3 is 24.2 Å². The zero-order valence-electron chi connectivity index (χ0n) is 17.1. The molecule has 0 radical (unpaired) electrons. The summed E-state index contributed by atoms with van der Waals surface area (Å²) in [5.74, 6) is 0.626. The van der Waals surface area contributed by atoms with Crippen molar-refractivity contribution in [2.75, 3.05) is 50.7 Å². The Morgan fingerprint density at radius 2 is 2.03 bits per heavy atom. The van der Waals surface area contributed by atoms with Crippen LogP contribution in [0.4, 0.5) is 19.0 Å². The van der Waals surface area contributed by atoms with Gasteiger partial charge >= 0.3 is 12.1 Å². The maximum Gasteiger partial charge on any atom is 0.490 e. The summed E-state index contributed by atoms with van der Waals surface area (Å²) in [5.41, 5.74) is 0. The number of nitrogens with zero attached hydrogens (tertiary/aromatic N) is 3. The molecule has 31 heavy (non-hydrogen) atoms. The topological polar surface area (TPSA) is 94.0 Å². The van der Waals surface area contributed by atoms with E-state index in [2.05, 4.69) is 26.6 Å². The van der Waals surface area contributed by atoms with Crippen LogP contribution >= 0.6 is 11.8 Å². The molecule has 1 atom stereocenters. The third-order valence-electron chi connectivity index (χ3n) is 5.44. The monoisotopic (exact) mass is 465 g/mol. The fraction of sp³-hybridized carbons (Fsp3) is 0.737. The van der Waals surface area contributed by atoms with Crippen molar-refractivity contribution in [1.29, 1.82) is 0 Å². The van der Waals surface area contributed by atoms with E-state index in [0.29, 0.717) is 22.6 Å². The van der Waals surface area contributed by atoms with Gasteiger partial charge in [-0.25, -0.2) is 14.8 Å². The second kappa shape index (κ2) is 10.2. The fourth-order valence-corrected chi connectivity index (χ4v) is 5.29. The first-order valence-corrected chi connectivity index (χ1v) is 10.9. The molecule has 0 bridgehead atoms. The second-order valence-electron chi connectivity index (χ2n) is 7.79. The van der Waals surface area contributed by atoms with E-state index in [1.807, 2.05) is 6.07 Å². The summed E-state index contributed by atoms with van der Waals surface area (Å²) >= 11 is 2.07. The van der Waals surface area contributed by atoms with Crippen LogP contribution in [0.15, 0.2) is 12.4 Å². The first-order chi connectivity index (χ1) is 14.7. The lowest BCUT2D eigenvalue weighted by atomic mass is 9.93. The van der Waals surface area contributed by atoms with E-state index in [0.717, 1.165) is 63.7 Å². The van der Waals surface area contributed by atoms with E-state index >= 15 is 0 Å². The van der Waals surface area contributed by atoms with Crippen LogP contribution in [0, 0.1) is 5.92 Å². The highest BCUT2D eigenvalue weighted by Crippen LogP contribution is 2.47. The molecule has 1 unspecified atom stereocenters. The summed E-state index contributed by atoms with van der Waals surface area (Å²) in [6.45, 7) is 4.77. The Hall–Kier alpha value is -1.79. The molecule has 3 aliphatic heterocycles. The molecule has 8 nitrogen and oxygen atoms in total. The van der Waals surface area contributed by atoms with E-state index in [1.54, 1.807) is 13.4 Å². The number of hydrogen-bond acceptors (Lipinski definition) is 8. The molecule has 1 aromatic heterocycles. The second-order valence-corrected chi connectivity index (χ2v) is 9.27. The normalized spacial score (nSPS) is 23.1. The zero-order valence-corrected chi connectivity index (χ0v) is 18.0. The molecule has 0 aliphatic carbocycles. The first kappa shape index (κ1) is 23.9. The molecule has 12 heteroatoms. The molecule has 1 aromatic rings. The molecular formula is C19H26F3N3O5S. The third kappa shape index (κ3) is 6.59. The maximum atomic E-state index is 10.6. The van der Waals surface area contributed by atoms with Gasteiger partial charge in [-0.1, -0.05) is 0 Å². The summed E-state index contributed by atoms with van der Waals surface area (Å²) in [6, 6.07) is 1.91. The number of alkyl halides is 3. The average molecular weight is 465 g/mol. The summed E-state index contributed by atoms with van der Waals surface area (Å²) in [5, 5.41) is 7.12. The van der Waals surface area contributed by atoms with Crippen molar-refractivity contribution in [1.82, 2.24) is 9.97 Å². The Kier molecular flexibility index (Phi) is 7.87. The Morgan fingerprint density at radius 1 is 1.35 bits per heavy atom. The number of hydrogen-bond donors (Lipinski definition) is 1. The van der Waals surface area contributed by atoms with E-state index < -0.39 is 12.1 Å². The lowest BCUT2D eigenvalue weighted by Crippen LogP contribution is -2.59. The van der Waals surface area contributed by atoms with Crippen molar-refractivity contribution >= 4 is 23.5 Å². The Labute approximate surface area is 182 Å². The fourth-order valence-electron chi connectivity index (χ4n) is 3.74. The molecule has 0 aromatic carbocycles. The van der Waals surface area contributed by atoms with Gasteiger partial charge in [-0.2, -0.15) is 13.2 Å². The zero-order chi connectivity index (χ0) is 22.5. The van der Waals surface area contributed by atoms with Gasteiger partial charge in [-0.15, -0.1) is 11.8 Å². The SMILES string of the molecule is COc1cc(N2CC3(CC(OCC4CCOCC4)CS3)C2)ncn1.O=C(O)C(F)(F)F. The van der Waals surface area contributed by atoms with Crippen LogP contribution in [0.3, 0.4) is 0 Å². The van der Waals surface area contributed by atoms with E-state index in [4.69, 9.17) is 24.1 Å². The van der Waals surface area contributed by atoms with Crippen molar-refractivity contribution in [3.05, 3.63) is 12.4 Å². The quantitative estimate of drug-likeness (QED) is 0.704. The van der Waals surface area contributed by atoms with Crippen LogP contribution in [0.5, 0.6) is 5.88 Å². The molecule has 0 saturated carbocycles. The summed E-state index contributed by atoms with van der Waals surface area (Å²) < 4.78 is 48.9. The minimum Gasteiger partial charge on any atom is -0.481 e. The Morgan fingerprint density at radius 3 is 2.65 bits per heavy atom. The molecule has 3 fully saturated rings. The van der Waals surface area contributed by atoms with Crippen LogP contribution in [0.25, 0.3) is 0 Å². The smallest absolute Gasteiger partial charge is 0.481 e. The lowest BCUT2D eigenvalue weighted by Gasteiger charge is -2.48. The van der Waals surface area contributed by atoms with E-state index in [9.17, 15) is 13.2 Å². The summed E-state index contributed by atoms with van der Waals surface area (Å²) in [4.78, 5) is 19.6. The predicted molar refractivity (Wildman–Crippen MR) is 108 cm³/mol. The average Bonchev–Trinajstić information content (AvgIpc) is 3.16. The van der Waals surface area contributed by atoms with Crippen molar-refractivity contribution in [3.8, 4) is 5.88 Å². The molecule has 4 heterocycles. The van der Waals surface area contributed by atoms with Gasteiger partial charge in [-0.05, 0) is 25.2 Å². The summed E-state index contributed by atoms with van der Waals surface area (Å²) in [6.07, 6.45) is 0.336. The van der Waals surface area contributed by atoms with E-state index in [-0.39, 0.29) is 0 Å². The number of halogens is 3. The molecule has 3 saturated heterocycles. The molecule has 1 spiro atoms. The molecule has 174 valence electrons. The van der Waals surface area contributed by atoms with Crippen LogP contribution in [-0.2, 0) is 14.3 Å². The van der Waals surface area contributed by atoms with Crippen LogP contribution in [0.2, 0.25) is 0 Å². The lowest BCUT2D eigenvalue weighted by molar-refractivity contribution is -0.192. The summed E-state index contributed by atoms with van der Waals surface area (Å²) in [7, 11) is 1.64. The van der Waals surface area contributed by atoms with Gasteiger partial charge in [0, 0.05) is 44.7 Å². The molecule has 4 rings (SSSR count). The van der Waals surface area contributed by atoms with Gasteiger partial charge in [-0.3, -0.25) is 0 Å². The number of aromatic nitrogens is 2. The Bertz CT molecular complexity index is 743. The highest BCUT2D eigenvalue weighted by Gasteiger charge is 2.50. The number of aliphatic carboxylic acids is 1. The number of carboxylic acid groups (broad SMARTS) is 1. The van der Waals surface area contributed by atoms with Gasteiger partial charge in [0.05, 0.1) is 18.0 Å². The highest BCUT2D eigenvalue weighted by molar-refractivity contribution is 8.01. The van der Waals surface area contributed by atoms with Gasteiger partial charge in [0.1, 0.15) is 12.1 Å². The maximum absolute atomic E-state index is 10.6. The van der Waals surface area contributed by atoms with Crippen molar-refractivity contribution < 1.29 is 37.3 Å². The van der Waals surface area contributed by atoms with Crippen molar-refractivity contribution in [2.45, 2.75) is 36.3 Å². The number of ether oxygens (including phenoxy) is 3. The van der Waals surface area contributed by atoms with Gasteiger partial charge in [0.15, 0.2) is 0 Å². The van der Waals surface area contributed by atoms with Crippen molar-refractivity contribution in [3.63, 3.8) is 0 Å². The Balaban J connectivity index is 0.000000339. The highest BCUT2D eigenvalue weighted by atomic mass is 32.2. The molecule has 1 N–H and O–H groups in total. The van der Waals surface area contributed by atoms with Crippen LogP contribution in [-0.4, -0.2) is 83.8 Å². The van der Waals surface area contributed by atoms with E-state index in [1.165, 1.54) is 0 Å². The standard InChI is InChI=1S/C17H25N3O3S.C2HF3O2/c1-21-16-6-15(18-12-19-16)20-10-17(11-20)7-14(9-24-17)23-8-13-2-4-22-5-3-13;3-2(4,5)1(6)7/h6,12-14H,2-5,7-11H2,1H3;(H,6,7). The third-order valence-corrected chi connectivity index (χ3v) is 7.02. The number of anilines is 1. The minimum atomic E-state index is -5.08.